The fourth-order valence-electron chi connectivity index (χ4n) is 2.99. The molecule has 2 aliphatic heterocycles. The normalized spacial score (nSPS) is 21.7. The minimum absolute atomic E-state index is 0.686. The summed E-state index contributed by atoms with van der Waals surface area (Å²) in [6, 6.07) is 4.36. The molecule has 0 radical (unpaired) electrons. The van der Waals surface area contributed by atoms with Crippen molar-refractivity contribution in [1.29, 1.82) is 0 Å². The van der Waals surface area contributed by atoms with Gasteiger partial charge in [-0.2, -0.15) is 0 Å². The third kappa shape index (κ3) is 3.12. The first-order valence-electron chi connectivity index (χ1n) is 6.93. The zero-order valence-electron chi connectivity index (χ0n) is 11.3. The number of benzene rings is 1. The molecule has 0 amide bonds. The molecule has 3 nitrogen and oxygen atoms in total. The zero-order valence-corrected chi connectivity index (χ0v) is 12.9. The van der Waals surface area contributed by atoms with Crippen LogP contribution in [-0.2, 0) is 17.7 Å². The van der Waals surface area contributed by atoms with Gasteiger partial charge in [0.2, 0.25) is 0 Å². The lowest BCUT2D eigenvalue weighted by Crippen LogP contribution is -2.25. The maximum absolute atomic E-state index is 5.78. The van der Waals surface area contributed by atoms with Crippen LogP contribution < -0.4 is 4.74 Å². The van der Waals surface area contributed by atoms with Gasteiger partial charge >= 0.3 is 0 Å². The van der Waals surface area contributed by atoms with Gasteiger partial charge in [-0.05, 0) is 37.1 Å². The van der Waals surface area contributed by atoms with Crippen LogP contribution in [0.5, 0.6) is 5.75 Å². The molecule has 19 heavy (non-hydrogen) atoms. The number of halogens is 1. The van der Waals surface area contributed by atoms with E-state index in [2.05, 4.69) is 40.0 Å². The highest BCUT2D eigenvalue weighted by Gasteiger charge is 2.21. The molecule has 1 fully saturated rings. The number of hydrogen-bond donors (Lipinski definition) is 0. The minimum atomic E-state index is 0.686. The van der Waals surface area contributed by atoms with E-state index in [0.29, 0.717) is 5.92 Å². The maximum atomic E-state index is 5.78. The van der Waals surface area contributed by atoms with Crippen molar-refractivity contribution < 1.29 is 9.47 Å². The van der Waals surface area contributed by atoms with E-state index in [1.165, 1.54) is 17.5 Å². The summed E-state index contributed by atoms with van der Waals surface area (Å²) in [7, 11) is 2.18. The van der Waals surface area contributed by atoms with E-state index in [4.69, 9.17) is 9.47 Å². The quantitative estimate of drug-likeness (QED) is 0.849. The van der Waals surface area contributed by atoms with Crippen LogP contribution in [0.15, 0.2) is 16.6 Å². The summed E-state index contributed by atoms with van der Waals surface area (Å²) in [5.41, 5.74) is 2.63. The van der Waals surface area contributed by atoms with Crippen LogP contribution in [0.25, 0.3) is 0 Å². The van der Waals surface area contributed by atoms with E-state index in [0.717, 1.165) is 49.6 Å². The van der Waals surface area contributed by atoms with E-state index >= 15 is 0 Å². The summed E-state index contributed by atoms with van der Waals surface area (Å²) in [4.78, 5) is 2.38. The Balaban J connectivity index is 1.68. The molecule has 0 N–H and O–H groups in total. The third-order valence-corrected chi connectivity index (χ3v) is 4.32. The second kappa shape index (κ2) is 5.81. The Morgan fingerprint density at radius 1 is 1.37 bits per heavy atom. The van der Waals surface area contributed by atoms with Crippen molar-refractivity contribution in [3.8, 4) is 5.75 Å². The monoisotopic (exact) mass is 325 g/mol. The van der Waals surface area contributed by atoms with Crippen LogP contribution in [0.2, 0.25) is 0 Å². The Morgan fingerprint density at radius 3 is 3.05 bits per heavy atom. The summed E-state index contributed by atoms with van der Waals surface area (Å²) in [5.74, 6) is 1.80. The molecule has 1 saturated heterocycles. The molecule has 3 rings (SSSR count). The second-order valence-electron chi connectivity index (χ2n) is 5.58. The SMILES string of the molecule is CN(Cc1cc(Br)cc2c1OCC2)C[C@H]1CCOC1. The average Bonchev–Trinajstić information content (AvgIpc) is 2.99. The standard InChI is InChI=1S/C15H20BrNO2/c1-17(8-11-2-4-18-10-11)9-13-7-14(16)6-12-3-5-19-15(12)13/h6-7,11H,2-5,8-10H2,1H3/t11-/m1/s1. The van der Waals surface area contributed by atoms with Gasteiger partial charge in [0.05, 0.1) is 13.2 Å². The highest BCUT2D eigenvalue weighted by Crippen LogP contribution is 2.33. The first-order chi connectivity index (χ1) is 9.22. The average molecular weight is 326 g/mol. The molecule has 1 atom stereocenters. The molecular formula is C15H20BrNO2. The molecule has 0 aliphatic carbocycles. The van der Waals surface area contributed by atoms with Gasteiger partial charge in [-0.15, -0.1) is 0 Å². The number of hydrogen-bond acceptors (Lipinski definition) is 3. The Hall–Kier alpha value is -0.580. The highest BCUT2D eigenvalue weighted by molar-refractivity contribution is 9.10. The van der Waals surface area contributed by atoms with Crippen LogP contribution in [-0.4, -0.2) is 38.3 Å². The molecule has 0 bridgehead atoms. The predicted octanol–water partition coefficient (Wildman–Crippen LogP) is 2.85. The van der Waals surface area contributed by atoms with Crippen molar-refractivity contribution in [2.24, 2.45) is 5.92 Å². The molecule has 104 valence electrons. The van der Waals surface area contributed by atoms with E-state index in [1.54, 1.807) is 0 Å². The Labute approximate surface area is 123 Å². The summed E-state index contributed by atoms with van der Waals surface area (Å²) in [6.07, 6.45) is 2.22. The lowest BCUT2D eigenvalue weighted by molar-refractivity contribution is 0.172. The van der Waals surface area contributed by atoms with Gasteiger partial charge in [0.25, 0.3) is 0 Å². The lowest BCUT2D eigenvalue weighted by Gasteiger charge is -2.21. The van der Waals surface area contributed by atoms with E-state index in [-0.39, 0.29) is 0 Å². The first kappa shape index (κ1) is 13.4. The molecule has 0 saturated carbocycles. The summed E-state index contributed by atoms with van der Waals surface area (Å²) in [6.45, 7) is 4.70. The van der Waals surface area contributed by atoms with E-state index < -0.39 is 0 Å². The zero-order chi connectivity index (χ0) is 13.2. The van der Waals surface area contributed by atoms with Gasteiger partial charge in [-0.1, -0.05) is 15.9 Å². The number of nitrogens with zero attached hydrogens (tertiary/aromatic N) is 1. The van der Waals surface area contributed by atoms with Crippen molar-refractivity contribution in [3.05, 3.63) is 27.7 Å². The summed E-state index contributed by atoms with van der Waals surface area (Å²) in [5, 5.41) is 0. The van der Waals surface area contributed by atoms with Crippen LogP contribution in [0, 0.1) is 5.92 Å². The van der Waals surface area contributed by atoms with Gasteiger partial charge in [0.1, 0.15) is 5.75 Å². The Morgan fingerprint density at radius 2 is 2.26 bits per heavy atom. The molecule has 0 aromatic heterocycles. The van der Waals surface area contributed by atoms with Gasteiger partial charge in [0.15, 0.2) is 0 Å². The van der Waals surface area contributed by atoms with Gasteiger partial charge < -0.3 is 14.4 Å². The topological polar surface area (TPSA) is 21.7 Å². The molecular weight excluding hydrogens is 306 g/mol. The fourth-order valence-corrected chi connectivity index (χ4v) is 3.54. The van der Waals surface area contributed by atoms with E-state index in [1.807, 2.05) is 0 Å². The third-order valence-electron chi connectivity index (χ3n) is 3.86. The molecule has 1 aromatic carbocycles. The predicted molar refractivity (Wildman–Crippen MR) is 78.6 cm³/mol. The van der Waals surface area contributed by atoms with Crippen molar-refractivity contribution in [3.63, 3.8) is 0 Å². The smallest absolute Gasteiger partial charge is 0.127 e. The van der Waals surface area contributed by atoms with Crippen LogP contribution in [0.3, 0.4) is 0 Å². The van der Waals surface area contributed by atoms with Gasteiger partial charge in [-0.25, -0.2) is 0 Å². The molecule has 2 aliphatic rings. The van der Waals surface area contributed by atoms with Gasteiger partial charge in [0, 0.05) is 36.2 Å². The molecule has 1 aromatic rings. The Kier molecular flexibility index (Phi) is 4.10. The lowest BCUT2D eigenvalue weighted by atomic mass is 10.1. The van der Waals surface area contributed by atoms with Gasteiger partial charge in [-0.3, -0.25) is 0 Å². The largest absolute Gasteiger partial charge is 0.493 e. The maximum Gasteiger partial charge on any atom is 0.127 e. The highest BCUT2D eigenvalue weighted by atomic mass is 79.9. The van der Waals surface area contributed by atoms with Crippen molar-refractivity contribution in [2.45, 2.75) is 19.4 Å². The number of ether oxygens (including phenoxy) is 2. The fraction of sp³-hybridized carbons (Fsp3) is 0.600. The van der Waals surface area contributed by atoms with E-state index in [9.17, 15) is 0 Å². The summed E-state index contributed by atoms with van der Waals surface area (Å²) < 4.78 is 12.4. The van der Waals surface area contributed by atoms with Crippen molar-refractivity contribution >= 4 is 15.9 Å². The summed E-state index contributed by atoms with van der Waals surface area (Å²) >= 11 is 3.60. The Bertz CT molecular complexity index is 458. The van der Waals surface area contributed by atoms with Crippen LogP contribution in [0.1, 0.15) is 17.5 Å². The molecule has 0 spiro atoms. The van der Waals surface area contributed by atoms with Crippen molar-refractivity contribution in [1.82, 2.24) is 4.90 Å². The van der Waals surface area contributed by atoms with Crippen LogP contribution >= 0.6 is 15.9 Å². The minimum Gasteiger partial charge on any atom is -0.493 e. The number of rotatable bonds is 4. The molecule has 4 heteroatoms. The van der Waals surface area contributed by atoms with Crippen molar-refractivity contribution in [2.75, 3.05) is 33.4 Å². The first-order valence-corrected chi connectivity index (χ1v) is 7.72. The molecule has 2 heterocycles. The molecule has 0 unspecified atom stereocenters. The second-order valence-corrected chi connectivity index (χ2v) is 6.49. The number of fused-ring (bicyclic) bond motifs is 1. The van der Waals surface area contributed by atoms with Crippen LogP contribution in [0.4, 0.5) is 0 Å².